The van der Waals surface area contributed by atoms with E-state index in [1.807, 2.05) is 6.07 Å². The van der Waals surface area contributed by atoms with Crippen LogP contribution in [0.4, 0.5) is 10.2 Å². The van der Waals surface area contributed by atoms with Gasteiger partial charge >= 0.3 is 0 Å². The number of benzene rings is 1. The van der Waals surface area contributed by atoms with Gasteiger partial charge in [-0.25, -0.2) is 9.37 Å². The van der Waals surface area contributed by atoms with Gasteiger partial charge in [0.15, 0.2) is 11.6 Å². The SMILES string of the molecule is C[C@@H](Oc1cc(-c2cn[nH]c2C#N)cnc1N)c1cc(F)ccc1-n1nccn1. The molecule has 1 aromatic carbocycles. The van der Waals surface area contributed by atoms with Crippen LogP contribution >= 0.6 is 0 Å². The van der Waals surface area contributed by atoms with Crippen LogP contribution in [0, 0.1) is 17.1 Å². The molecule has 0 saturated carbocycles. The summed E-state index contributed by atoms with van der Waals surface area (Å²) in [5.74, 6) is 0.0461. The van der Waals surface area contributed by atoms with Crippen LogP contribution in [0.2, 0.25) is 0 Å². The van der Waals surface area contributed by atoms with Gasteiger partial charge in [-0.05, 0) is 31.2 Å². The number of aromatic nitrogens is 6. The van der Waals surface area contributed by atoms with E-state index < -0.39 is 11.9 Å². The number of nitriles is 1. The molecule has 0 bridgehead atoms. The molecule has 0 aliphatic rings. The van der Waals surface area contributed by atoms with Crippen LogP contribution < -0.4 is 10.5 Å². The Balaban J connectivity index is 1.69. The molecule has 0 fully saturated rings. The van der Waals surface area contributed by atoms with Crippen molar-refractivity contribution in [2.75, 3.05) is 5.73 Å². The van der Waals surface area contributed by atoms with Crippen molar-refractivity contribution in [1.29, 1.82) is 5.26 Å². The van der Waals surface area contributed by atoms with E-state index in [1.54, 1.807) is 19.1 Å². The largest absolute Gasteiger partial charge is 0.482 e. The molecule has 0 unspecified atom stereocenters. The highest BCUT2D eigenvalue weighted by atomic mass is 19.1. The highest BCUT2D eigenvalue weighted by Crippen LogP contribution is 2.32. The molecule has 0 spiro atoms. The number of halogens is 1. The summed E-state index contributed by atoms with van der Waals surface area (Å²) in [5.41, 5.74) is 8.57. The van der Waals surface area contributed by atoms with Gasteiger partial charge < -0.3 is 10.5 Å². The van der Waals surface area contributed by atoms with Crippen LogP contribution in [-0.4, -0.2) is 30.2 Å². The van der Waals surface area contributed by atoms with E-state index >= 15 is 0 Å². The summed E-state index contributed by atoms with van der Waals surface area (Å²) in [7, 11) is 0. The maximum absolute atomic E-state index is 13.9. The highest BCUT2D eigenvalue weighted by molar-refractivity contribution is 5.70. The molecule has 0 radical (unpaired) electrons. The lowest BCUT2D eigenvalue weighted by molar-refractivity contribution is 0.226. The van der Waals surface area contributed by atoms with Crippen LogP contribution in [0.15, 0.2) is 49.1 Å². The second-order valence-electron chi connectivity index (χ2n) is 6.16. The zero-order valence-electron chi connectivity index (χ0n) is 15.2. The topological polar surface area (TPSA) is 131 Å². The van der Waals surface area contributed by atoms with Gasteiger partial charge in [0.05, 0.1) is 24.3 Å². The molecule has 10 heteroatoms. The molecule has 9 nitrogen and oxygen atoms in total. The molecule has 3 heterocycles. The number of pyridine rings is 1. The maximum Gasteiger partial charge on any atom is 0.166 e. The summed E-state index contributed by atoms with van der Waals surface area (Å²) in [5, 5.41) is 23.9. The first kappa shape index (κ1) is 18.1. The molecule has 1 atom stereocenters. The zero-order valence-corrected chi connectivity index (χ0v) is 15.2. The number of aromatic amines is 1. The Labute approximate surface area is 164 Å². The molecular formula is C19H15FN8O. The molecule has 29 heavy (non-hydrogen) atoms. The summed E-state index contributed by atoms with van der Waals surface area (Å²) >= 11 is 0. The lowest BCUT2D eigenvalue weighted by Gasteiger charge is -2.19. The first-order valence-electron chi connectivity index (χ1n) is 8.59. The van der Waals surface area contributed by atoms with Crippen LogP contribution in [0.3, 0.4) is 0 Å². The molecule has 4 rings (SSSR count). The van der Waals surface area contributed by atoms with Gasteiger partial charge in [-0.2, -0.15) is 25.4 Å². The van der Waals surface area contributed by atoms with Gasteiger partial charge in [0, 0.05) is 22.9 Å². The minimum Gasteiger partial charge on any atom is -0.482 e. The van der Waals surface area contributed by atoms with Crippen molar-refractivity contribution in [1.82, 2.24) is 30.2 Å². The molecule has 3 aromatic heterocycles. The van der Waals surface area contributed by atoms with E-state index in [9.17, 15) is 9.65 Å². The smallest absolute Gasteiger partial charge is 0.166 e. The Kier molecular flexibility index (Phi) is 4.62. The number of hydrogen-bond donors (Lipinski definition) is 2. The van der Waals surface area contributed by atoms with Crippen molar-refractivity contribution in [3.63, 3.8) is 0 Å². The van der Waals surface area contributed by atoms with E-state index in [-0.39, 0.29) is 5.82 Å². The lowest BCUT2D eigenvalue weighted by atomic mass is 10.1. The Hall–Kier alpha value is -4.26. The maximum atomic E-state index is 13.9. The molecule has 0 aliphatic heterocycles. The Morgan fingerprint density at radius 2 is 2.03 bits per heavy atom. The first-order chi connectivity index (χ1) is 14.1. The third-order valence-electron chi connectivity index (χ3n) is 4.31. The van der Waals surface area contributed by atoms with Crippen molar-refractivity contribution in [3.05, 3.63) is 66.1 Å². The molecule has 4 aromatic rings. The van der Waals surface area contributed by atoms with E-state index in [4.69, 9.17) is 10.5 Å². The minimum atomic E-state index is -0.592. The average molecular weight is 390 g/mol. The standard InChI is InChI=1S/C19H15FN8O/c1-11(14-7-13(20)2-3-17(14)28-25-4-5-26-28)29-18-6-12(9-23-19(18)22)15-10-24-27-16(15)8-21/h2-7,9-11H,1H3,(H2,22,23)(H,24,27)/t11-/m1/s1. The third-order valence-corrected chi connectivity index (χ3v) is 4.31. The quantitative estimate of drug-likeness (QED) is 0.535. The molecular weight excluding hydrogens is 375 g/mol. The van der Waals surface area contributed by atoms with Crippen molar-refractivity contribution < 1.29 is 9.13 Å². The number of rotatable bonds is 5. The van der Waals surface area contributed by atoms with E-state index in [2.05, 4.69) is 25.4 Å². The second kappa shape index (κ2) is 7.40. The monoisotopic (exact) mass is 390 g/mol. The fourth-order valence-electron chi connectivity index (χ4n) is 2.91. The minimum absolute atomic E-state index is 0.165. The number of hydrogen-bond acceptors (Lipinski definition) is 7. The lowest BCUT2D eigenvalue weighted by Crippen LogP contribution is -2.11. The average Bonchev–Trinajstić information content (AvgIpc) is 3.41. The Bertz CT molecular complexity index is 1200. The molecule has 0 amide bonds. The molecule has 3 N–H and O–H groups in total. The molecule has 0 saturated heterocycles. The van der Waals surface area contributed by atoms with Gasteiger partial charge in [0.1, 0.15) is 23.7 Å². The summed E-state index contributed by atoms with van der Waals surface area (Å²) < 4.78 is 19.9. The fourth-order valence-corrected chi connectivity index (χ4v) is 2.91. The van der Waals surface area contributed by atoms with Crippen LogP contribution in [0.25, 0.3) is 16.8 Å². The second-order valence-corrected chi connectivity index (χ2v) is 6.16. The first-order valence-corrected chi connectivity index (χ1v) is 8.59. The van der Waals surface area contributed by atoms with Crippen LogP contribution in [-0.2, 0) is 0 Å². The number of nitrogens with zero attached hydrogens (tertiary/aromatic N) is 6. The molecule has 0 aliphatic carbocycles. The Morgan fingerprint density at radius 1 is 1.24 bits per heavy atom. The van der Waals surface area contributed by atoms with Crippen molar-refractivity contribution >= 4 is 5.82 Å². The predicted molar refractivity (Wildman–Crippen MR) is 101 cm³/mol. The van der Waals surface area contributed by atoms with Gasteiger partial charge in [0.2, 0.25) is 0 Å². The van der Waals surface area contributed by atoms with Crippen LogP contribution in [0.1, 0.15) is 24.3 Å². The van der Waals surface area contributed by atoms with E-state index in [0.717, 1.165) is 0 Å². The van der Waals surface area contributed by atoms with Crippen molar-refractivity contribution in [3.8, 4) is 28.6 Å². The number of nitrogens with one attached hydrogen (secondary N) is 1. The molecule has 144 valence electrons. The van der Waals surface area contributed by atoms with Crippen molar-refractivity contribution in [2.45, 2.75) is 13.0 Å². The zero-order chi connectivity index (χ0) is 20.4. The van der Waals surface area contributed by atoms with Crippen molar-refractivity contribution in [2.24, 2.45) is 0 Å². The van der Waals surface area contributed by atoms with Gasteiger partial charge in [-0.3, -0.25) is 5.10 Å². The summed E-state index contributed by atoms with van der Waals surface area (Å²) in [6.45, 7) is 1.76. The highest BCUT2D eigenvalue weighted by Gasteiger charge is 2.18. The summed E-state index contributed by atoms with van der Waals surface area (Å²) in [4.78, 5) is 5.53. The third kappa shape index (κ3) is 3.49. The predicted octanol–water partition coefficient (Wildman–Crippen LogP) is 2.79. The number of anilines is 1. The van der Waals surface area contributed by atoms with Gasteiger partial charge in [-0.1, -0.05) is 0 Å². The number of nitrogen functional groups attached to an aromatic ring is 1. The summed E-state index contributed by atoms with van der Waals surface area (Å²) in [6.07, 6.45) is 5.52. The number of nitrogens with two attached hydrogens (primary N) is 1. The number of ether oxygens (including phenoxy) is 1. The van der Waals surface area contributed by atoms with E-state index in [1.165, 1.54) is 41.7 Å². The normalized spacial score (nSPS) is 11.8. The van der Waals surface area contributed by atoms with E-state index in [0.29, 0.717) is 33.8 Å². The van der Waals surface area contributed by atoms with Gasteiger partial charge in [-0.15, -0.1) is 0 Å². The van der Waals surface area contributed by atoms with Gasteiger partial charge in [0.25, 0.3) is 0 Å². The summed E-state index contributed by atoms with van der Waals surface area (Å²) in [6, 6.07) is 7.96. The number of H-pyrrole nitrogens is 1. The fraction of sp³-hybridized carbons (Fsp3) is 0.105. The Morgan fingerprint density at radius 3 is 2.79 bits per heavy atom. The van der Waals surface area contributed by atoms with Crippen LogP contribution in [0.5, 0.6) is 5.75 Å².